The summed E-state index contributed by atoms with van der Waals surface area (Å²) in [5, 5.41) is 3.37. The molecule has 3 aromatic rings. The Kier molecular flexibility index (Phi) is 6.25. The van der Waals surface area contributed by atoms with Crippen LogP contribution < -0.4 is 11.1 Å². The van der Waals surface area contributed by atoms with E-state index in [1.54, 1.807) is 17.0 Å². The number of benzene rings is 1. The average Bonchev–Trinajstić information content (AvgIpc) is 3.50. The Labute approximate surface area is 203 Å². The Hall–Kier alpha value is -3.72. The zero-order valence-electron chi connectivity index (χ0n) is 19.7. The summed E-state index contributed by atoms with van der Waals surface area (Å²) in [6.45, 7) is 4.69. The Morgan fingerprint density at radius 1 is 1.03 bits per heavy atom. The molecule has 2 aromatic heterocycles. The summed E-state index contributed by atoms with van der Waals surface area (Å²) < 4.78 is 5.53. The number of nitrogens with two attached hydrogens (primary N) is 1. The number of hydrogen-bond acceptors (Lipinski definition) is 6. The topological polar surface area (TPSA) is 122 Å². The number of pyridine rings is 1. The second-order valence-electron chi connectivity index (χ2n) is 9.33. The van der Waals surface area contributed by atoms with Gasteiger partial charge in [0, 0.05) is 36.3 Å². The van der Waals surface area contributed by atoms with E-state index >= 15 is 0 Å². The molecule has 2 aliphatic heterocycles. The molecule has 0 radical (unpaired) electrons. The highest BCUT2D eigenvalue weighted by atomic mass is 16.4. The number of furan rings is 1. The molecule has 1 aromatic carbocycles. The first-order valence-corrected chi connectivity index (χ1v) is 12.0. The molecule has 1 atom stereocenters. The molecular weight excluding hydrogens is 446 g/mol. The van der Waals surface area contributed by atoms with Gasteiger partial charge in [0.05, 0.1) is 5.39 Å². The number of piperidine rings is 1. The number of aromatic nitrogens is 1. The first-order valence-electron chi connectivity index (χ1n) is 12.0. The summed E-state index contributed by atoms with van der Waals surface area (Å²) in [6.07, 6.45) is 2.51. The van der Waals surface area contributed by atoms with Crippen LogP contribution in [-0.2, 0) is 0 Å². The molecule has 182 valence electrons. The lowest BCUT2D eigenvalue weighted by Gasteiger charge is -2.35. The van der Waals surface area contributed by atoms with Crippen molar-refractivity contribution in [3.63, 3.8) is 0 Å². The molecule has 4 heterocycles. The van der Waals surface area contributed by atoms with Gasteiger partial charge in [0.25, 0.3) is 5.91 Å². The minimum atomic E-state index is -0.761. The molecule has 3 N–H and O–H groups in total. The van der Waals surface area contributed by atoms with Crippen LogP contribution in [0.3, 0.4) is 0 Å². The van der Waals surface area contributed by atoms with Crippen LogP contribution in [0.15, 0.2) is 46.9 Å². The van der Waals surface area contributed by atoms with E-state index in [2.05, 4.69) is 15.2 Å². The Balaban J connectivity index is 1.20. The largest absolute Gasteiger partial charge is 0.430 e. The quantitative estimate of drug-likeness (QED) is 0.545. The third-order valence-electron chi connectivity index (χ3n) is 7.08. The standard InChI is InChI=1S/C26H29N5O4/c1-16-7-8-20-21(23(24(27)33)35-25(20)28-16)29-26(34)31-14-11-19(15-31)30-12-9-18(10-13-30)22(32)17-5-3-2-4-6-17/h2-8,18-19H,9-15H2,1H3,(H2,27,33)(H,29,34)/t19-/m1/s1. The summed E-state index contributed by atoms with van der Waals surface area (Å²) in [4.78, 5) is 46.2. The summed E-state index contributed by atoms with van der Waals surface area (Å²) in [5.41, 5.74) is 7.51. The van der Waals surface area contributed by atoms with E-state index in [4.69, 9.17) is 10.2 Å². The Bertz CT molecular complexity index is 1260. The number of Topliss-reactive ketones (excluding diaryl/α,β-unsaturated/α-hetero) is 1. The van der Waals surface area contributed by atoms with Crippen molar-refractivity contribution in [3.05, 3.63) is 59.5 Å². The van der Waals surface area contributed by atoms with Crippen LogP contribution in [0.5, 0.6) is 0 Å². The number of hydrogen-bond donors (Lipinski definition) is 2. The van der Waals surface area contributed by atoms with Crippen LogP contribution in [0.25, 0.3) is 11.1 Å². The zero-order valence-corrected chi connectivity index (χ0v) is 19.7. The Morgan fingerprint density at radius 2 is 1.77 bits per heavy atom. The van der Waals surface area contributed by atoms with Crippen molar-refractivity contribution < 1.29 is 18.8 Å². The first kappa shape index (κ1) is 23.0. The molecule has 0 bridgehead atoms. The molecule has 2 saturated heterocycles. The third-order valence-corrected chi connectivity index (χ3v) is 7.08. The monoisotopic (exact) mass is 475 g/mol. The summed E-state index contributed by atoms with van der Waals surface area (Å²) in [5.74, 6) is -0.594. The van der Waals surface area contributed by atoms with Gasteiger partial charge in [-0.3, -0.25) is 14.5 Å². The van der Waals surface area contributed by atoms with Crippen LogP contribution in [0.1, 0.15) is 45.9 Å². The number of ketones is 1. The molecule has 3 amide bonds. The van der Waals surface area contributed by atoms with Crippen molar-refractivity contribution in [1.82, 2.24) is 14.8 Å². The van der Waals surface area contributed by atoms with Crippen LogP contribution in [0.4, 0.5) is 10.5 Å². The maximum absolute atomic E-state index is 13.1. The molecule has 9 nitrogen and oxygen atoms in total. The number of nitrogens with zero attached hydrogens (tertiary/aromatic N) is 3. The fraction of sp³-hybridized carbons (Fsp3) is 0.385. The van der Waals surface area contributed by atoms with Gasteiger partial charge in [-0.1, -0.05) is 30.3 Å². The smallest absolute Gasteiger partial charge is 0.322 e. The number of fused-ring (bicyclic) bond motifs is 1. The summed E-state index contributed by atoms with van der Waals surface area (Å²) in [7, 11) is 0. The molecule has 0 spiro atoms. The Morgan fingerprint density at radius 3 is 2.49 bits per heavy atom. The molecule has 0 saturated carbocycles. The van der Waals surface area contributed by atoms with Gasteiger partial charge in [0.2, 0.25) is 11.5 Å². The highest BCUT2D eigenvalue weighted by Gasteiger charge is 2.35. The number of rotatable bonds is 5. The second kappa shape index (κ2) is 9.50. The maximum Gasteiger partial charge on any atom is 0.322 e. The van der Waals surface area contributed by atoms with E-state index < -0.39 is 5.91 Å². The number of likely N-dealkylation sites (tertiary alicyclic amines) is 2. The number of carbonyl (C=O) groups is 3. The van der Waals surface area contributed by atoms with Crippen LogP contribution in [0, 0.1) is 12.8 Å². The van der Waals surface area contributed by atoms with Crippen molar-refractivity contribution in [2.24, 2.45) is 11.7 Å². The lowest BCUT2D eigenvalue weighted by Crippen LogP contribution is -2.45. The molecule has 0 unspecified atom stereocenters. The zero-order chi connectivity index (χ0) is 24.5. The van der Waals surface area contributed by atoms with Crippen LogP contribution in [0.2, 0.25) is 0 Å². The molecule has 35 heavy (non-hydrogen) atoms. The minimum absolute atomic E-state index is 0.0493. The number of urea groups is 1. The number of primary amides is 1. The number of carbonyl (C=O) groups excluding carboxylic acids is 3. The molecular formula is C26H29N5O4. The van der Waals surface area contributed by atoms with Crippen molar-refractivity contribution in [1.29, 1.82) is 0 Å². The fourth-order valence-corrected chi connectivity index (χ4v) is 5.14. The predicted molar refractivity (Wildman–Crippen MR) is 131 cm³/mol. The molecule has 9 heteroatoms. The third kappa shape index (κ3) is 4.64. The molecule has 2 aliphatic rings. The number of nitrogens with one attached hydrogen (secondary N) is 1. The number of anilines is 1. The summed E-state index contributed by atoms with van der Waals surface area (Å²) in [6, 6.07) is 13.0. The average molecular weight is 476 g/mol. The minimum Gasteiger partial charge on any atom is -0.430 e. The van der Waals surface area contributed by atoms with Gasteiger partial charge in [0.1, 0.15) is 5.69 Å². The first-order chi connectivity index (χ1) is 16.9. The van der Waals surface area contributed by atoms with Gasteiger partial charge in [-0.15, -0.1) is 0 Å². The van der Waals surface area contributed by atoms with Crippen LogP contribution in [-0.4, -0.2) is 64.7 Å². The second-order valence-corrected chi connectivity index (χ2v) is 9.33. The van der Waals surface area contributed by atoms with Gasteiger partial charge in [-0.25, -0.2) is 9.78 Å². The van der Waals surface area contributed by atoms with E-state index in [-0.39, 0.29) is 40.9 Å². The van der Waals surface area contributed by atoms with E-state index in [0.29, 0.717) is 18.5 Å². The van der Waals surface area contributed by atoms with E-state index in [1.165, 1.54) is 0 Å². The van der Waals surface area contributed by atoms with Crippen molar-refractivity contribution in [2.75, 3.05) is 31.5 Å². The fourth-order valence-electron chi connectivity index (χ4n) is 5.14. The van der Waals surface area contributed by atoms with Gasteiger partial charge in [-0.05, 0) is 51.4 Å². The van der Waals surface area contributed by atoms with Crippen molar-refractivity contribution in [3.8, 4) is 0 Å². The lowest BCUT2D eigenvalue weighted by molar-refractivity contribution is 0.0797. The van der Waals surface area contributed by atoms with E-state index in [9.17, 15) is 14.4 Å². The van der Waals surface area contributed by atoms with Crippen molar-refractivity contribution >= 4 is 34.5 Å². The maximum atomic E-state index is 13.1. The van der Waals surface area contributed by atoms with Crippen molar-refractivity contribution in [2.45, 2.75) is 32.2 Å². The molecule has 5 rings (SSSR count). The summed E-state index contributed by atoms with van der Waals surface area (Å²) >= 11 is 0. The molecule has 0 aliphatic carbocycles. The normalized spacial score (nSPS) is 19.2. The van der Waals surface area contributed by atoms with Gasteiger partial charge in [-0.2, -0.15) is 0 Å². The van der Waals surface area contributed by atoms with Crippen LogP contribution >= 0.6 is 0 Å². The lowest BCUT2D eigenvalue weighted by atomic mass is 9.88. The van der Waals surface area contributed by atoms with Gasteiger partial charge >= 0.3 is 6.03 Å². The number of aryl methyl sites for hydroxylation is 1. The van der Waals surface area contributed by atoms with E-state index in [1.807, 2.05) is 37.3 Å². The number of amides is 3. The van der Waals surface area contributed by atoms with E-state index in [0.717, 1.165) is 43.6 Å². The predicted octanol–water partition coefficient (Wildman–Crippen LogP) is 3.44. The van der Waals surface area contributed by atoms with Gasteiger partial charge in [0.15, 0.2) is 5.78 Å². The van der Waals surface area contributed by atoms with Gasteiger partial charge < -0.3 is 20.4 Å². The molecule has 2 fully saturated rings. The SMILES string of the molecule is Cc1ccc2c(NC(=O)N3CC[C@@H](N4CCC(C(=O)c5ccccc5)CC4)C3)c(C(N)=O)oc2n1. The highest BCUT2D eigenvalue weighted by Crippen LogP contribution is 2.31. The highest BCUT2D eigenvalue weighted by molar-refractivity contribution is 6.09.